The molecule has 2 atom stereocenters. The van der Waals surface area contributed by atoms with Crippen molar-refractivity contribution in [3.05, 3.63) is 59.2 Å². The summed E-state index contributed by atoms with van der Waals surface area (Å²) in [5.74, 6) is 1.47. The number of halogens is 1. The molecule has 8 nitrogen and oxygen atoms in total. The first-order chi connectivity index (χ1) is 15.3. The molecule has 0 spiro atoms. The quantitative estimate of drug-likeness (QED) is 0.482. The van der Waals surface area contributed by atoms with E-state index in [2.05, 4.69) is 10.4 Å². The molecule has 1 heterocycles. The summed E-state index contributed by atoms with van der Waals surface area (Å²) < 4.78 is 25.2. The fourth-order valence-corrected chi connectivity index (χ4v) is 3.86. The van der Waals surface area contributed by atoms with E-state index in [1.165, 1.54) is 0 Å². The number of aliphatic hydroxyl groups excluding tert-OH is 1. The number of hydrogen-bond donors (Lipinski definition) is 2. The second-order valence-corrected chi connectivity index (χ2v) is 9.11. The van der Waals surface area contributed by atoms with Crippen LogP contribution in [0.15, 0.2) is 53.6 Å². The van der Waals surface area contributed by atoms with Gasteiger partial charge in [-0.2, -0.15) is 5.10 Å². The fourth-order valence-electron chi connectivity index (χ4n) is 2.77. The smallest absolute Gasteiger partial charge is 0.257 e. The Hall–Kier alpha value is -2.88. The molecule has 0 aliphatic rings. The summed E-state index contributed by atoms with van der Waals surface area (Å²) in [5, 5.41) is 16.5. The number of hydrogen-bond acceptors (Lipinski definition) is 6. The van der Waals surface area contributed by atoms with Gasteiger partial charge in [-0.15, -0.1) is 0 Å². The minimum absolute atomic E-state index is 0.192. The third-order valence-corrected chi connectivity index (χ3v) is 5.95. The lowest BCUT2D eigenvalue weighted by Crippen LogP contribution is -2.17. The van der Waals surface area contributed by atoms with Gasteiger partial charge in [0, 0.05) is 41.6 Å². The molecule has 2 N–H and O–H groups in total. The van der Waals surface area contributed by atoms with Crippen molar-refractivity contribution in [2.75, 3.05) is 17.7 Å². The third kappa shape index (κ3) is 6.09. The molecule has 1 aromatic heterocycles. The van der Waals surface area contributed by atoms with E-state index in [0.717, 1.165) is 0 Å². The molecule has 1 unspecified atom stereocenters. The predicted octanol–water partition coefficient (Wildman–Crippen LogP) is 4.01. The average molecular weight is 478 g/mol. The van der Waals surface area contributed by atoms with Gasteiger partial charge in [0.05, 0.1) is 22.4 Å². The van der Waals surface area contributed by atoms with Gasteiger partial charge < -0.3 is 19.9 Å². The number of aromatic nitrogens is 2. The van der Waals surface area contributed by atoms with Crippen LogP contribution in [0.25, 0.3) is 0 Å². The van der Waals surface area contributed by atoms with Gasteiger partial charge in [0.15, 0.2) is 5.82 Å². The Morgan fingerprint density at radius 1 is 1.25 bits per heavy atom. The molecule has 0 saturated heterocycles. The molecule has 32 heavy (non-hydrogen) atoms. The minimum atomic E-state index is -1.14. The highest BCUT2D eigenvalue weighted by molar-refractivity contribution is 7.85. The van der Waals surface area contributed by atoms with Crippen molar-refractivity contribution in [2.24, 2.45) is 7.05 Å². The van der Waals surface area contributed by atoms with Gasteiger partial charge in [-0.1, -0.05) is 18.5 Å². The predicted molar refractivity (Wildman–Crippen MR) is 123 cm³/mol. The Morgan fingerprint density at radius 2 is 2.00 bits per heavy atom. The second-order valence-electron chi connectivity index (χ2n) is 6.96. The Labute approximate surface area is 193 Å². The lowest BCUT2D eigenvalue weighted by Gasteiger charge is -2.15. The lowest BCUT2D eigenvalue weighted by atomic mass is 10.2. The van der Waals surface area contributed by atoms with Crippen LogP contribution in [-0.2, 0) is 17.8 Å². The van der Waals surface area contributed by atoms with E-state index in [-0.39, 0.29) is 12.2 Å². The number of rotatable bonds is 9. The third-order valence-electron chi connectivity index (χ3n) is 4.35. The van der Waals surface area contributed by atoms with Gasteiger partial charge in [-0.3, -0.25) is 13.7 Å². The maximum Gasteiger partial charge on any atom is 0.257 e. The first-order valence-electron chi connectivity index (χ1n) is 9.88. The maximum atomic E-state index is 12.8. The molecule has 0 bridgehead atoms. The van der Waals surface area contributed by atoms with Crippen LogP contribution < -0.4 is 14.8 Å². The maximum absolute atomic E-state index is 12.8. The van der Waals surface area contributed by atoms with Crippen LogP contribution in [0.1, 0.15) is 24.2 Å². The molecule has 170 valence electrons. The number of nitrogens with zero attached hydrogens (tertiary/aromatic N) is 2. The van der Waals surface area contributed by atoms with E-state index in [0.29, 0.717) is 38.7 Å². The summed E-state index contributed by atoms with van der Waals surface area (Å²) in [6, 6.07) is 11.3. The van der Waals surface area contributed by atoms with E-state index in [1.807, 2.05) is 6.92 Å². The molecule has 3 aromatic rings. The molecule has 10 heteroatoms. The Kier molecular flexibility index (Phi) is 7.89. The zero-order chi connectivity index (χ0) is 23.3. The van der Waals surface area contributed by atoms with E-state index in [4.69, 9.17) is 21.1 Å². The molecule has 1 amide bonds. The molecular formula is C22H24ClN3O5S. The zero-order valence-corrected chi connectivity index (χ0v) is 19.4. The molecular weight excluding hydrogens is 454 g/mol. The summed E-state index contributed by atoms with van der Waals surface area (Å²) >= 11 is 6.33. The largest absolute Gasteiger partial charge is 0.488 e. The monoisotopic (exact) mass is 477 g/mol. The standard InChI is InChI=1S/C22H24ClN3O5S/c1-4-32(29)18-5-6-20(19(23)12-18)31-17-10-15(9-16(11-17)30-14(2)13-27)22(28)24-21-7-8-26(3)25-21/h5-12,14,27H,4,13H2,1-3H3,(H,24,25,28)/t14-,32?/m0/s1. The van der Waals surface area contributed by atoms with Crippen LogP contribution in [0.2, 0.25) is 5.02 Å². The normalized spacial score (nSPS) is 12.8. The van der Waals surface area contributed by atoms with Crippen molar-refractivity contribution < 1.29 is 23.6 Å². The SMILES string of the molecule is CCS(=O)c1ccc(Oc2cc(O[C@@H](C)CO)cc(C(=O)Nc3ccn(C)n3)c2)c(Cl)c1. The van der Waals surface area contributed by atoms with Gasteiger partial charge in [0.2, 0.25) is 0 Å². The van der Waals surface area contributed by atoms with E-state index < -0.39 is 22.8 Å². The first-order valence-corrected chi connectivity index (χ1v) is 11.6. The summed E-state index contributed by atoms with van der Waals surface area (Å²) in [4.78, 5) is 13.4. The Balaban J connectivity index is 1.90. The van der Waals surface area contributed by atoms with E-state index in [1.54, 1.807) is 67.3 Å². The van der Waals surface area contributed by atoms with Crippen LogP contribution in [0.5, 0.6) is 17.2 Å². The van der Waals surface area contributed by atoms with E-state index >= 15 is 0 Å². The summed E-state index contributed by atoms with van der Waals surface area (Å²) in [6.45, 7) is 3.33. The molecule has 0 fully saturated rings. The minimum Gasteiger partial charge on any atom is -0.488 e. The summed E-state index contributed by atoms with van der Waals surface area (Å²) in [6.07, 6.45) is 1.23. The van der Waals surface area contributed by atoms with Gasteiger partial charge in [0.1, 0.15) is 23.4 Å². The van der Waals surface area contributed by atoms with Crippen molar-refractivity contribution in [3.63, 3.8) is 0 Å². The lowest BCUT2D eigenvalue weighted by molar-refractivity contribution is 0.102. The number of aliphatic hydroxyl groups is 1. The van der Waals surface area contributed by atoms with Crippen LogP contribution in [0, 0.1) is 0 Å². The number of aryl methyl sites for hydroxylation is 1. The zero-order valence-electron chi connectivity index (χ0n) is 17.9. The number of ether oxygens (including phenoxy) is 2. The van der Waals surface area contributed by atoms with Crippen molar-refractivity contribution in [1.29, 1.82) is 0 Å². The van der Waals surface area contributed by atoms with Crippen molar-refractivity contribution >= 4 is 34.1 Å². The van der Waals surface area contributed by atoms with Crippen molar-refractivity contribution in [2.45, 2.75) is 24.8 Å². The van der Waals surface area contributed by atoms with Crippen LogP contribution in [0.3, 0.4) is 0 Å². The molecule has 0 radical (unpaired) electrons. The average Bonchev–Trinajstić information content (AvgIpc) is 3.18. The van der Waals surface area contributed by atoms with Crippen molar-refractivity contribution in [3.8, 4) is 17.2 Å². The van der Waals surface area contributed by atoms with E-state index in [9.17, 15) is 14.1 Å². The van der Waals surface area contributed by atoms with Crippen molar-refractivity contribution in [1.82, 2.24) is 9.78 Å². The fraction of sp³-hybridized carbons (Fsp3) is 0.273. The number of benzene rings is 2. The summed E-state index contributed by atoms with van der Waals surface area (Å²) in [7, 11) is 0.609. The van der Waals surface area contributed by atoms with Gasteiger partial charge >= 0.3 is 0 Å². The number of carbonyl (C=O) groups excluding carboxylic acids is 1. The Bertz CT molecular complexity index is 1130. The summed E-state index contributed by atoms with van der Waals surface area (Å²) in [5.41, 5.74) is 0.271. The molecule has 0 saturated carbocycles. The van der Waals surface area contributed by atoms with Gasteiger partial charge in [0.25, 0.3) is 5.91 Å². The molecule has 0 aliphatic carbocycles. The second kappa shape index (κ2) is 10.6. The molecule has 0 aliphatic heterocycles. The number of carbonyl (C=O) groups is 1. The molecule has 2 aromatic carbocycles. The highest BCUT2D eigenvalue weighted by Gasteiger charge is 2.15. The van der Waals surface area contributed by atoms with Crippen LogP contribution >= 0.6 is 11.6 Å². The van der Waals surface area contributed by atoms with Crippen LogP contribution in [-0.4, -0.2) is 43.5 Å². The number of nitrogens with one attached hydrogen (secondary N) is 1. The van der Waals surface area contributed by atoms with Gasteiger partial charge in [-0.25, -0.2) is 0 Å². The van der Waals surface area contributed by atoms with Crippen LogP contribution in [0.4, 0.5) is 5.82 Å². The number of anilines is 1. The topological polar surface area (TPSA) is 103 Å². The number of amides is 1. The highest BCUT2D eigenvalue weighted by Crippen LogP contribution is 2.33. The van der Waals surface area contributed by atoms with Gasteiger partial charge in [-0.05, 0) is 37.3 Å². The highest BCUT2D eigenvalue weighted by atomic mass is 35.5. The first kappa shape index (κ1) is 23.8. The Morgan fingerprint density at radius 3 is 2.62 bits per heavy atom. The molecule has 3 rings (SSSR count).